The fourth-order valence-electron chi connectivity index (χ4n) is 3.10. The Bertz CT molecular complexity index is 1030. The third-order valence-electron chi connectivity index (χ3n) is 4.34. The minimum Gasteiger partial charge on any atom is -0.461 e. The fraction of sp³-hybridized carbons (Fsp3) is 0.250. The summed E-state index contributed by atoms with van der Waals surface area (Å²) in [5, 5.41) is 0.730. The number of fused-ring (bicyclic) bond motifs is 1. The summed E-state index contributed by atoms with van der Waals surface area (Å²) in [6.07, 6.45) is 1.56. The van der Waals surface area contributed by atoms with Gasteiger partial charge in [-0.3, -0.25) is 4.79 Å². The monoisotopic (exact) mass is 368 g/mol. The fourth-order valence-corrected chi connectivity index (χ4v) is 3.10. The number of hydrogen-bond donors (Lipinski definition) is 2. The van der Waals surface area contributed by atoms with Crippen LogP contribution in [-0.4, -0.2) is 40.9 Å². The number of nitrogens with one attached hydrogen (secondary N) is 2. The lowest BCUT2D eigenvalue weighted by atomic mass is 10.1. The number of ether oxygens (including phenoxy) is 2. The molecule has 0 aliphatic rings. The second kappa shape index (κ2) is 7.49. The molecule has 1 aromatic carbocycles. The molecule has 0 saturated heterocycles. The molecule has 0 spiro atoms. The van der Waals surface area contributed by atoms with E-state index in [0.29, 0.717) is 22.4 Å². The van der Waals surface area contributed by atoms with Gasteiger partial charge in [-0.15, -0.1) is 0 Å². The Morgan fingerprint density at radius 1 is 1.04 bits per heavy atom. The summed E-state index contributed by atoms with van der Waals surface area (Å²) in [6.45, 7) is 4.87. The Labute approximate surface area is 155 Å². The first-order chi connectivity index (χ1) is 12.9. The first-order valence-corrected chi connectivity index (χ1v) is 8.56. The number of aromatic amines is 2. The first-order valence-electron chi connectivity index (χ1n) is 8.56. The predicted octanol–water partition coefficient (Wildman–Crippen LogP) is 3.33. The van der Waals surface area contributed by atoms with Crippen molar-refractivity contribution in [3.63, 3.8) is 0 Å². The zero-order chi connectivity index (χ0) is 19.6. The van der Waals surface area contributed by atoms with E-state index < -0.39 is 18.5 Å². The van der Waals surface area contributed by atoms with Crippen molar-refractivity contribution in [3.8, 4) is 0 Å². The first kappa shape index (κ1) is 18.4. The number of esters is 2. The molecular weight excluding hydrogens is 348 g/mol. The van der Waals surface area contributed by atoms with Crippen molar-refractivity contribution in [1.82, 2.24) is 9.97 Å². The molecule has 27 heavy (non-hydrogen) atoms. The number of benzene rings is 1. The summed E-state index contributed by atoms with van der Waals surface area (Å²) in [4.78, 5) is 42.7. The zero-order valence-corrected chi connectivity index (χ0v) is 15.3. The molecule has 0 aliphatic heterocycles. The molecular formula is C20H20N2O5. The molecule has 0 fully saturated rings. The van der Waals surface area contributed by atoms with Gasteiger partial charge >= 0.3 is 11.9 Å². The number of aryl methyl sites for hydroxylation is 1. The molecule has 0 unspecified atom stereocenters. The van der Waals surface area contributed by atoms with Crippen molar-refractivity contribution in [3.05, 3.63) is 58.5 Å². The second-order valence-corrected chi connectivity index (χ2v) is 6.09. The quantitative estimate of drug-likeness (QED) is 0.513. The molecule has 2 aromatic heterocycles. The van der Waals surface area contributed by atoms with Gasteiger partial charge in [0.1, 0.15) is 5.69 Å². The van der Waals surface area contributed by atoms with Gasteiger partial charge in [0.15, 0.2) is 6.61 Å². The van der Waals surface area contributed by atoms with Crippen LogP contribution in [0.1, 0.15) is 49.4 Å². The maximum atomic E-state index is 12.6. The van der Waals surface area contributed by atoms with Crippen molar-refractivity contribution < 1.29 is 23.9 Å². The average Bonchev–Trinajstić information content (AvgIpc) is 3.20. The topological polar surface area (TPSA) is 101 Å². The van der Waals surface area contributed by atoms with Gasteiger partial charge in [-0.05, 0) is 32.4 Å². The van der Waals surface area contributed by atoms with E-state index in [9.17, 15) is 14.4 Å². The summed E-state index contributed by atoms with van der Waals surface area (Å²) in [5.74, 6) is -1.49. The van der Waals surface area contributed by atoms with E-state index in [1.165, 1.54) is 0 Å². The van der Waals surface area contributed by atoms with E-state index in [4.69, 9.17) is 9.47 Å². The van der Waals surface area contributed by atoms with E-state index in [-0.39, 0.29) is 18.1 Å². The normalized spacial score (nSPS) is 10.8. The van der Waals surface area contributed by atoms with Crippen LogP contribution in [0.4, 0.5) is 0 Å². The van der Waals surface area contributed by atoms with E-state index in [0.717, 1.165) is 10.9 Å². The van der Waals surface area contributed by atoms with Gasteiger partial charge in [0.2, 0.25) is 5.78 Å². The lowest BCUT2D eigenvalue weighted by Gasteiger charge is -2.05. The summed E-state index contributed by atoms with van der Waals surface area (Å²) in [5.41, 5.74) is 2.77. The lowest BCUT2D eigenvalue weighted by molar-refractivity contribution is 0.0475. The number of aromatic nitrogens is 2. The van der Waals surface area contributed by atoms with Crippen molar-refractivity contribution in [2.75, 3.05) is 13.2 Å². The van der Waals surface area contributed by atoms with Crippen molar-refractivity contribution in [2.45, 2.75) is 20.8 Å². The number of H-pyrrole nitrogens is 2. The highest BCUT2D eigenvalue weighted by Crippen LogP contribution is 2.21. The van der Waals surface area contributed by atoms with Crippen LogP contribution in [-0.2, 0) is 9.47 Å². The summed E-state index contributed by atoms with van der Waals surface area (Å²) < 4.78 is 10.2. The molecule has 0 bridgehead atoms. The van der Waals surface area contributed by atoms with Gasteiger partial charge in [0.25, 0.3) is 0 Å². The second-order valence-electron chi connectivity index (χ2n) is 6.09. The third kappa shape index (κ3) is 3.48. The largest absolute Gasteiger partial charge is 0.461 e. The number of rotatable bonds is 6. The molecule has 140 valence electrons. The van der Waals surface area contributed by atoms with Gasteiger partial charge in [-0.2, -0.15) is 0 Å². The predicted molar refractivity (Wildman–Crippen MR) is 99.1 cm³/mol. The molecule has 3 rings (SSSR count). The van der Waals surface area contributed by atoms with Crippen LogP contribution in [0.3, 0.4) is 0 Å². The number of Topliss-reactive ketones (excluding diaryl/α,β-unsaturated/α-hetero) is 1. The Morgan fingerprint density at radius 3 is 2.52 bits per heavy atom. The summed E-state index contributed by atoms with van der Waals surface area (Å²) in [6, 6.07) is 7.33. The smallest absolute Gasteiger partial charge is 0.355 e. The van der Waals surface area contributed by atoms with Crippen LogP contribution < -0.4 is 0 Å². The van der Waals surface area contributed by atoms with Gasteiger partial charge < -0.3 is 19.4 Å². The maximum Gasteiger partial charge on any atom is 0.355 e. The average molecular weight is 368 g/mol. The molecule has 7 heteroatoms. The van der Waals surface area contributed by atoms with E-state index >= 15 is 0 Å². The van der Waals surface area contributed by atoms with Crippen molar-refractivity contribution in [1.29, 1.82) is 0 Å². The summed E-state index contributed by atoms with van der Waals surface area (Å²) in [7, 11) is 0. The highest BCUT2D eigenvalue weighted by Gasteiger charge is 2.24. The number of para-hydroxylation sites is 1. The Kier molecular flexibility index (Phi) is 5.12. The molecule has 0 atom stereocenters. The van der Waals surface area contributed by atoms with Gasteiger partial charge in [-0.25, -0.2) is 9.59 Å². The van der Waals surface area contributed by atoms with Gasteiger partial charge in [-0.1, -0.05) is 18.2 Å². The lowest BCUT2D eigenvalue weighted by Crippen LogP contribution is -2.15. The van der Waals surface area contributed by atoms with Crippen LogP contribution in [0, 0.1) is 13.8 Å². The van der Waals surface area contributed by atoms with Crippen LogP contribution >= 0.6 is 0 Å². The number of carbonyl (C=O) groups is 3. The maximum absolute atomic E-state index is 12.6. The number of ketones is 1. The molecule has 0 aliphatic carbocycles. The molecule has 2 N–H and O–H groups in total. The molecule has 0 radical (unpaired) electrons. The van der Waals surface area contributed by atoms with Crippen molar-refractivity contribution in [2.24, 2.45) is 0 Å². The highest BCUT2D eigenvalue weighted by atomic mass is 16.5. The van der Waals surface area contributed by atoms with Gasteiger partial charge in [0, 0.05) is 28.4 Å². The van der Waals surface area contributed by atoms with Gasteiger partial charge in [0.05, 0.1) is 12.2 Å². The zero-order valence-electron chi connectivity index (χ0n) is 15.3. The van der Waals surface area contributed by atoms with Crippen LogP contribution in [0.25, 0.3) is 10.9 Å². The molecule has 7 nitrogen and oxygen atoms in total. The summed E-state index contributed by atoms with van der Waals surface area (Å²) >= 11 is 0. The third-order valence-corrected chi connectivity index (χ3v) is 4.34. The molecule has 0 saturated carbocycles. The highest BCUT2D eigenvalue weighted by molar-refractivity contribution is 6.07. The van der Waals surface area contributed by atoms with E-state index in [1.54, 1.807) is 33.0 Å². The minimum absolute atomic E-state index is 0.237. The van der Waals surface area contributed by atoms with Crippen LogP contribution in [0.15, 0.2) is 30.5 Å². The van der Waals surface area contributed by atoms with Crippen LogP contribution in [0.5, 0.6) is 0 Å². The van der Waals surface area contributed by atoms with Crippen molar-refractivity contribution >= 4 is 28.6 Å². The SMILES string of the molecule is CCOC(=O)c1[nH]c(C)c(C(=O)COC(=O)c2c[nH]c3ccccc23)c1C. The Balaban J connectivity index is 1.74. The Hall–Kier alpha value is -3.35. The number of carbonyl (C=O) groups excluding carboxylic acids is 3. The minimum atomic E-state index is -0.586. The standard InChI is InChI=1S/C20H20N2O5/c1-4-26-20(25)18-11(2)17(12(3)22-18)16(23)10-27-19(24)14-9-21-15-8-6-5-7-13(14)15/h5-9,21-22H,4,10H2,1-3H3. The van der Waals surface area contributed by atoms with E-state index in [2.05, 4.69) is 9.97 Å². The number of hydrogen-bond acceptors (Lipinski definition) is 5. The molecule has 3 aromatic rings. The van der Waals surface area contributed by atoms with E-state index in [1.807, 2.05) is 18.2 Å². The van der Waals surface area contributed by atoms with Crippen LogP contribution in [0.2, 0.25) is 0 Å². The molecule has 2 heterocycles. The molecule has 0 amide bonds. The Morgan fingerprint density at radius 2 is 1.78 bits per heavy atom.